The van der Waals surface area contributed by atoms with Gasteiger partial charge in [0.05, 0.1) is 6.04 Å². The molecule has 12 heavy (non-hydrogen) atoms. The third-order valence-corrected chi connectivity index (χ3v) is 1.90. The van der Waals surface area contributed by atoms with E-state index in [9.17, 15) is 9.59 Å². The lowest BCUT2D eigenvalue weighted by Gasteiger charge is -2.24. The summed E-state index contributed by atoms with van der Waals surface area (Å²) in [7, 11) is 1.51. The first-order chi connectivity index (χ1) is 5.65. The van der Waals surface area contributed by atoms with Crippen molar-refractivity contribution >= 4 is 11.7 Å². The molecule has 5 nitrogen and oxygen atoms in total. The van der Waals surface area contributed by atoms with Crippen LogP contribution in [0.25, 0.3) is 0 Å². The van der Waals surface area contributed by atoms with Crippen LogP contribution in [-0.2, 0) is 9.59 Å². The summed E-state index contributed by atoms with van der Waals surface area (Å²) in [5.74, 6) is -0.488. The van der Waals surface area contributed by atoms with Gasteiger partial charge in [0.1, 0.15) is 6.10 Å². The molecule has 0 aromatic carbocycles. The zero-order valence-electron chi connectivity index (χ0n) is 6.83. The number of piperidine rings is 1. The Morgan fingerprint density at radius 1 is 1.75 bits per heavy atom. The molecular formula is C7H12N2O3. The van der Waals surface area contributed by atoms with E-state index in [-0.39, 0.29) is 24.7 Å². The van der Waals surface area contributed by atoms with Gasteiger partial charge < -0.3 is 15.7 Å². The molecule has 3 N–H and O–H groups in total. The average Bonchev–Trinajstić information content (AvgIpc) is 2.08. The Hall–Kier alpha value is -0.940. The minimum absolute atomic E-state index is 0.0703. The Morgan fingerprint density at radius 3 is 2.92 bits per heavy atom. The van der Waals surface area contributed by atoms with Gasteiger partial charge in [-0.05, 0) is 0 Å². The number of β-amino-alcohol motifs (C(OH)–C–C–N with tert-alkyl or cyclic N) is 1. The van der Waals surface area contributed by atoms with Crippen LogP contribution >= 0.6 is 0 Å². The van der Waals surface area contributed by atoms with Crippen LogP contribution in [0.2, 0.25) is 0 Å². The molecule has 0 aliphatic carbocycles. The van der Waals surface area contributed by atoms with E-state index in [0.717, 1.165) is 0 Å². The number of Topliss-reactive ketones (excluding diaryl/α,β-unsaturated/α-hetero) is 1. The fourth-order valence-electron chi connectivity index (χ4n) is 1.14. The van der Waals surface area contributed by atoms with E-state index < -0.39 is 12.1 Å². The second-order valence-corrected chi connectivity index (χ2v) is 2.76. The van der Waals surface area contributed by atoms with E-state index in [0.29, 0.717) is 0 Å². The summed E-state index contributed by atoms with van der Waals surface area (Å²) < 4.78 is 0. The zero-order chi connectivity index (χ0) is 9.14. The number of nitrogens with one attached hydrogen (secondary N) is 2. The molecule has 0 aromatic heterocycles. The average molecular weight is 172 g/mol. The largest absolute Gasteiger partial charge is 0.384 e. The lowest BCUT2D eigenvalue weighted by atomic mass is 10.0. The number of ketones is 1. The fraction of sp³-hybridized carbons (Fsp3) is 0.714. The van der Waals surface area contributed by atoms with Gasteiger partial charge in [-0.15, -0.1) is 0 Å². The van der Waals surface area contributed by atoms with Crippen molar-refractivity contribution in [3.05, 3.63) is 0 Å². The van der Waals surface area contributed by atoms with Crippen LogP contribution in [-0.4, -0.2) is 42.5 Å². The first-order valence-corrected chi connectivity index (χ1v) is 3.81. The quantitative estimate of drug-likeness (QED) is 0.428. The van der Waals surface area contributed by atoms with E-state index in [1.807, 2.05) is 0 Å². The van der Waals surface area contributed by atoms with Gasteiger partial charge in [-0.1, -0.05) is 0 Å². The van der Waals surface area contributed by atoms with Gasteiger partial charge in [0.25, 0.3) is 0 Å². The summed E-state index contributed by atoms with van der Waals surface area (Å²) in [5, 5.41) is 14.2. The van der Waals surface area contributed by atoms with Crippen molar-refractivity contribution in [2.75, 3.05) is 13.6 Å². The number of likely N-dealkylation sites (N-methyl/N-ethyl adjacent to an activating group) is 1. The topological polar surface area (TPSA) is 78.4 Å². The number of carbonyl (C=O) groups excluding carboxylic acids is 2. The Morgan fingerprint density at radius 2 is 2.42 bits per heavy atom. The Labute approximate surface area is 70.1 Å². The number of rotatable bonds is 1. The molecule has 1 saturated heterocycles. The maximum absolute atomic E-state index is 11.0. The van der Waals surface area contributed by atoms with Gasteiger partial charge in [0.15, 0.2) is 5.78 Å². The van der Waals surface area contributed by atoms with Gasteiger partial charge in [-0.25, -0.2) is 0 Å². The summed E-state index contributed by atoms with van der Waals surface area (Å²) in [6.07, 6.45) is -0.883. The zero-order valence-corrected chi connectivity index (χ0v) is 6.83. The minimum atomic E-state index is -0.953. The van der Waals surface area contributed by atoms with Crippen molar-refractivity contribution in [1.82, 2.24) is 10.6 Å². The lowest BCUT2D eigenvalue weighted by Crippen LogP contribution is -2.53. The molecule has 1 heterocycles. The van der Waals surface area contributed by atoms with Crippen molar-refractivity contribution in [3.63, 3.8) is 0 Å². The van der Waals surface area contributed by atoms with Gasteiger partial charge >= 0.3 is 0 Å². The fourth-order valence-corrected chi connectivity index (χ4v) is 1.14. The molecule has 1 amide bonds. The molecule has 0 radical (unpaired) electrons. The monoisotopic (exact) mass is 172 g/mol. The normalized spacial score (nSPS) is 30.0. The summed E-state index contributed by atoms with van der Waals surface area (Å²) in [6, 6.07) is -0.481. The molecule has 2 atom stereocenters. The third kappa shape index (κ3) is 1.80. The van der Waals surface area contributed by atoms with Crippen molar-refractivity contribution in [2.24, 2.45) is 0 Å². The highest BCUT2D eigenvalue weighted by molar-refractivity contribution is 5.92. The van der Waals surface area contributed by atoms with Gasteiger partial charge in [0.2, 0.25) is 5.91 Å². The Balaban J connectivity index is 2.51. The summed E-state index contributed by atoms with van der Waals surface area (Å²) in [4.78, 5) is 22.0. The predicted octanol–water partition coefficient (Wildman–Crippen LogP) is -1.98. The molecule has 0 bridgehead atoms. The molecule has 1 aliphatic heterocycles. The molecule has 0 aromatic rings. The van der Waals surface area contributed by atoms with Gasteiger partial charge in [-0.2, -0.15) is 0 Å². The highest BCUT2D eigenvalue weighted by Gasteiger charge is 2.29. The molecule has 5 heteroatoms. The molecule has 1 fully saturated rings. The first kappa shape index (κ1) is 9.15. The number of aliphatic hydroxyl groups excluding tert-OH is 1. The molecule has 1 aliphatic rings. The molecular weight excluding hydrogens is 160 g/mol. The van der Waals surface area contributed by atoms with Gasteiger partial charge in [0, 0.05) is 20.0 Å². The third-order valence-electron chi connectivity index (χ3n) is 1.90. The standard InChI is InChI=1S/C7H12N2O3/c1-8-7(12)4-2-5(10)6(11)3-9-4/h4,6,9,11H,2-3H2,1H3,(H,8,12). The van der Waals surface area contributed by atoms with Crippen LogP contribution < -0.4 is 10.6 Å². The van der Waals surface area contributed by atoms with Crippen LogP contribution in [0.3, 0.4) is 0 Å². The molecule has 1 rings (SSSR count). The Bertz CT molecular complexity index is 203. The highest BCUT2D eigenvalue weighted by atomic mass is 16.3. The molecule has 0 saturated carbocycles. The Kier molecular flexibility index (Phi) is 2.78. The summed E-state index contributed by atoms with van der Waals surface area (Å²) >= 11 is 0. The second kappa shape index (κ2) is 3.64. The lowest BCUT2D eigenvalue weighted by molar-refractivity contribution is -0.134. The maximum Gasteiger partial charge on any atom is 0.237 e. The van der Waals surface area contributed by atoms with E-state index in [2.05, 4.69) is 10.6 Å². The molecule has 2 unspecified atom stereocenters. The molecule has 68 valence electrons. The number of hydrogen-bond donors (Lipinski definition) is 3. The van der Waals surface area contributed by atoms with E-state index in [1.165, 1.54) is 7.05 Å². The van der Waals surface area contributed by atoms with E-state index in [1.54, 1.807) is 0 Å². The number of aliphatic hydroxyl groups is 1. The number of hydrogen-bond acceptors (Lipinski definition) is 4. The van der Waals surface area contributed by atoms with Crippen molar-refractivity contribution in [1.29, 1.82) is 0 Å². The summed E-state index contributed by atoms with van der Waals surface area (Å²) in [5.41, 5.74) is 0. The SMILES string of the molecule is CNC(=O)C1CC(=O)C(O)CN1. The minimum Gasteiger partial charge on any atom is -0.384 e. The number of carbonyl (C=O) groups is 2. The van der Waals surface area contributed by atoms with E-state index >= 15 is 0 Å². The van der Waals surface area contributed by atoms with Crippen LogP contribution in [0, 0.1) is 0 Å². The van der Waals surface area contributed by atoms with Gasteiger partial charge in [-0.3, -0.25) is 9.59 Å². The first-order valence-electron chi connectivity index (χ1n) is 3.81. The van der Waals surface area contributed by atoms with E-state index in [4.69, 9.17) is 5.11 Å². The van der Waals surface area contributed by atoms with Crippen LogP contribution in [0.15, 0.2) is 0 Å². The predicted molar refractivity (Wildman–Crippen MR) is 41.5 cm³/mol. The van der Waals surface area contributed by atoms with Crippen molar-refractivity contribution in [3.8, 4) is 0 Å². The number of amides is 1. The van der Waals surface area contributed by atoms with Crippen LogP contribution in [0.5, 0.6) is 0 Å². The smallest absolute Gasteiger partial charge is 0.237 e. The maximum atomic E-state index is 11.0. The highest BCUT2D eigenvalue weighted by Crippen LogP contribution is 2.03. The van der Waals surface area contributed by atoms with Crippen LogP contribution in [0.1, 0.15) is 6.42 Å². The van der Waals surface area contributed by atoms with Crippen LogP contribution in [0.4, 0.5) is 0 Å². The van der Waals surface area contributed by atoms with Crippen molar-refractivity contribution in [2.45, 2.75) is 18.6 Å². The molecule has 0 spiro atoms. The summed E-state index contributed by atoms with van der Waals surface area (Å²) in [6.45, 7) is 0.164. The second-order valence-electron chi connectivity index (χ2n) is 2.76. The van der Waals surface area contributed by atoms with Crippen molar-refractivity contribution < 1.29 is 14.7 Å².